The summed E-state index contributed by atoms with van der Waals surface area (Å²) in [5.41, 5.74) is 9.19. The molecule has 0 spiro atoms. The molecule has 2 aromatic carbocycles. The van der Waals surface area contributed by atoms with E-state index in [-0.39, 0.29) is 18.5 Å². The smallest absolute Gasteiger partial charge is 0.306 e. The molecule has 0 aliphatic heterocycles. The Balaban J connectivity index is 1.72. The van der Waals surface area contributed by atoms with Crippen molar-refractivity contribution in [3.05, 3.63) is 65.9 Å². The van der Waals surface area contributed by atoms with Crippen molar-refractivity contribution < 1.29 is 14.3 Å². The summed E-state index contributed by atoms with van der Waals surface area (Å²) >= 11 is 0. The highest BCUT2D eigenvalue weighted by Crippen LogP contribution is 2.27. The van der Waals surface area contributed by atoms with E-state index >= 15 is 0 Å². The Morgan fingerprint density at radius 3 is 2.59 bits per heavy atom. The molecular weight excluding hydrogens is 404 g/mol. The summed E-state index contributed by atoms with van der Waals surface area (Å²) < 4.78 is 5.22. The number of amides is 1. The zero-order chi connectivity index (χ0) is 22.8. The molecule has 0 unspecified atom stereocenters. The van der Waals surface area contributed by atoms with Crippen LogP contribution in [-0.2, 0) is 16.1 Å². The van der Waals surface area contributed by atoms with Gasteiger partial charge in [-0.15, -0.1) is 0 Å². The predicted molar refractivity (Wildman–Crippen MR) is 128 cm³/mol. The lowest BCUT2D eigenvalue weighted by Gasteiger charge is -2.15. The van der Waals surface area contributed by atoms with E-state index in [4.69, 9.17) is 10.5 Å². The average molecular weight is 435 g/mol. The molecule has 32 heavy (non-hydrogen) atoms. The number of nitrogens with one attached hydrogen (secondary N) is 2. The fourth-order valence-corrected chi connectivity index (χ4v) is 3.31. The maximum absolute atomic E-state index is 13.1. The molecule has 4 N–H and O–H groups in total. The van der Waals surface area contributed by atoms with Crippen LogP contribution in [0.4, 0.5) is 11.4 Å². The molecule has 1 heterocycles. The molecule has 1 aromatic heterocycles. The molecule has 0 saturated heterocycles. The first-order chi connectivity index (χ1) is 15.6. The van der Waals surface area contributed by atoms with Gasteiger partial charge in [0.2, 0.25) is 0 Å². The lowest BCUT2D eigenvalue weighted by Crippen LogP contribution is -2.16. The number of anilines is 2. The van der Waals surface area contributed by atoms with E-state index < -0.39 is 0 Å². The van der Waals surface area contributed by atoms with Crippen molar-refractivity contribution in [2.24, 2.45) is 5.73 Å². The van der Waals surface area contributed by atoms with Gasteiger partial charge < -0.3 is 21.1 Å². The number of nitrogens with two attached hydrogens (primary N) is 1. The first-order valence-electron chi connectivity index (χ1n) is 11.0. The van der Waals surface area contributed by atoms with Gasteiger partial charge in [0, 0.05) is 30.2 Å². The number of para-hydroxylation sites is 1. The number of ether oxygens (including phenoxy) is 1. The molecular formula is C25H30N4O3. The van der Waals surface area contributed by atoms with E-state index in [9.17, 15) is 9.59 Å². The number of rotatable bonds is 11. The number of fused-ring (bicyclic) bond motifs is 1. The van der Waals surface area contributed by atoms with Gasteiger partial charge in [0.05, 0.1) is 16.8 Å². The number of unbranched alkanes of at least 4 members (excludes halogenated alkanes) is 1. The van der Waals surface area contributed by atoms with Crippen molar-refractivity contribution in [1.82, 2.24) is 4.98 Å². The summed E-state index contributed by atoms with van der Waals surface area (Å²) in [6, 6.07) is 15.0. The number of hydrogen-bond donors (Lipinski definition) is 3. The Morgan fingerprint density at radius 1 is 1.06 bits per heavy atom. The van der Waals surface area contributed by atoms with Crippen LogP contribution in [0.3, 0.4) is 0 Å². The minimum atomic E-state index is -0.244. The van der Waals surface area contributed by atoms with Crippen molar-refractivity contribution in [1.29, 1.82) is 0 Å². The standard InChI is InChI=1S/C25H30N4O3/c1-2-7-23(30)32-17-18-10-12-19(13-11-18)29-25(31)21-16-28-22-9-4-3-8-20(22)24(21)27-15-6-5-14-26/h3-4,8-13,16H,2,5-7,14-15,17,26H2,1H3,(H,27,28)(H,29,31). The molecule has 1 amide bonds. The number of hydrogen-bond acceptors (Lipinski definition) is 6. The third-order valence-electron chi connectivity index (χ3n) is 5.02. The number of aromatic nitrogens is 1. The molecule has 0 saturated carbocycles. The highest BCUT2D eigenvalue weighted by Gasteiger charge is 2.15. The highest BCUT2D eigenvalue weighted by atomic mass is 16.5. The lowest BCUT2D eigenvalue weighted by molar-refractivity contribution is -0.144. The molecule has 3 aromatic rings. The summed E-state index contributed by atoms with van der Waals surface area (Å²) in [4.78, 5) is 29.0. The normalized spacial score (nSPS) is 10.7. The van der Waals surface area contributed by atoms with Crippen LogP contribution < -0.4 is 16.4 Å². The van der Waals surface area contributed by atoms with Crippen LogP contribution >= 0.6 is 0 Å². The van der Waals surface area contributed by atoms with Crippen molar-refractivity contribution in [3.63, 3.8) is 0 Å². The fraction of sp³-hybridized carbons (Fsp3) is 0.320. The van der Waals surface area contributed by atoms with Crippen molar-refractivity contribution in [2.45, 2.75) is 39.2 Å². The van der Waals surface area contributed by atoms with Crippen LogP contribution in [0.1, 0.15) is 48.5 Å². The molecule has 0 radical (unpaired) electrons. The molecule has 0 atom stereocenters. The first kappa shape index (κ1) is 23.2. The third kappa shape index (κ3) is 6.28. The van der Waals surface area contributed by atoms with Gasteiger partial charge >= 0.3 is 5.97 Å². The Hall–Kier alpha value is -3.45. The van der Waals surface area contributed by atoms with Crippen LogP contribution in [0, 0.1) is 0 Å². The van der Waals surface area contributed by atoms with Gasteiger partial charge in [-0.3, -0.25) is 14.6 Å². The Kier molecular flexibility index (Phi) is 8.57. The minimum Gasteiger partial charge on any atom is -0.461 e. The average Bonchev–Trinajstić information content (AvgIpc) is 2.81. The molecule has 0 bridgehead atoms. The van der Waals surface area contributed by atoms with Crippen LogP contribution in [0.25, 0.3) is 10.9 Å². The molecule has 0 fully saturated rings. The van der Waals surface area contributed by atoms with Crippen molar-refractivity contribution >= 4 is 34.2 Å². The largest absolute Gasteiger partial charge is 0.461 e. The highest BCUT2D eigenvalue weighted by molar-refractivity contribution is 6.12. The van der Waals surface area contributed by atoms with Crippen LogP contribution in [0.5, 0.6) is 0 Å². The molecule has 7 heteroatoms. The van der Waals surface area contributed by atoms with E-state index in [1.165, 1.54) is 0 Å². The van der Waals surface area contributed by atoms with E-state index in [2.05, 4.69) is 15.6 Å². The topological polar surface area (TPSA) is 106 Å². The monoisotopic (exact) mass is 434 g/mol. The predicted octanol–water partition coefficient (Wildman–Crippen LogP) is 4.48. The van der Waals surface area contributed by atoms with Gasteiger partial charge in [-0.2, -0.15) is 0 Å². The van der Waals surface area contributed by atoms with Gasteiger partial charge in [-0.05, 0) is 49.6 Å². The fourth-order valence-electron chi connectivity index (χ4n) is 3.31. The second kappa shape index (κ2) is 11.8. The Bertz CT molecular complexity index is 1050. The summed E-state index contributed by atoms with van der Waals surface area (Å²) in [5, 5.41) is 7.23. The van der Waals surface area contributed by atoms with Crippen molar-refractivity contribution in [3.8, 4) is 0 Å². The maximum atomic E-state index is 13.1. The van der Waals surface area contributed by atoms with Crippen LogP contribution in [-0.4, -0.2) is 29.9 Å². The Morgan fingerprint density at radius 2 is 1.84 bits per heavy atom. The van der Waals surface area contributed by atoms with Gasteiger partial charge in [0.15, 0.2) is 0 Å². The quantitative estimate of drug-likeness (QED) is 0.303. The SMILES string of the molecule is CCCC(=O)OCc1ccc(NC(=O)c2cnc3ccccc3c2NCCCCN)cc1. The minimum absolute atomic E-state index is 0.208. The zero-order valence-corrected chi connectivity index (χ0v) is 18.4. The number of pyridine rings is 1. The van der Waals surface area contributed by atoms with Gasteiger partial charge in [-0.1, -0.05) is 37.3 Å². The first-order valence-corrected chi connectivity index (χ1v) is 11.0. The van der Waals surface area contributed by atoms with E-state index in [0.717, 1.165) is 48.0 Å². The van der Waals surface area contributed by atoms with Gasteiger partial charge in [-0.25, -0.2) is 0 Å². The Labute approximate surface area is 188 Å². The molecule has 7 nitrogen and oxygen atoms in total. The maximum Gasteiger partial charge on any atom is 0.306 e. The molecule has 168 valence electrons. The molecule has 0 aliphatic carbocycles. The van der Waals surface area contributed by atoms with Gasteiger partial charge in [0.25, 0.3) is 5.91 Å². The van der Waals surface area contributed by atoms with E-state index in [0.29, 0.717) is 24.2 Å². The second-order valence-corrected chi connectivity index (χ2v) is 7.55. The second-order valence-electron chi connectivity index (χ2n) is 7.55. The number of carbonyl (C=O) groups is 2. The summed E-state index contributed by atoms with van der Waals surface area (Å²) in [6.07, 6.45) is 4.61. The van der Waals surface area contributed by atoms with Crippen molar-refractivity contribution in [2.75, 3.05) is 23.7 Å². The number of carbonyl (C=O) groups excluding carboxylic acids is 2. The number of esters is 1. The van der Waals surface area contributed by atoms with E-state index in [1.54, 1.807) is 18.3 Å². The molecule has 3 rings (SSSR count). The number of nitrogens with zero attached hydrogens (tertiary/aromatic N) is 1. The summed E-state index contributed by atoms with van der Waals surface area (Å²) in [6.45, 7) is 3.51. The zero-order valence-electron chi connectivity index (χ0n) is 18.4. The van der Waals surface area contributed by atoms with Crippen LogP contribution in [0.15, 0.2) is 54.7 Å². The van der Waals surface area contributed by atoms with Gasteiger partial charge in [0.1, 0.15) is 6.61 Å². The third-order valence-corrected chi connectivity index (χ3v) is 5.02. The van der Waals surface area contributed by atoms with E-state index in [1.807, 2.05) is 43.3 Å². The molecule has 0 aliphatic rings. The number of benzene rings is 2. The van der Waals surface area contributed by atoms with Crippen LogP contribution in [0.2, 0.25) is 0 Å². The summed E-state index contributed by atoms with van der Waals surface area (Å²) in [7, 11) is 0. The lowest BCUT2D eigenvalue weighted by atomic mass is 10.1. The summed E-state index contributed by atoms with van der Waals surface area (Å²) in [5.74, 6) is -0.452.